The number of hydrogen-bond acceptors (Lipinski definition) is 4. The lowest BCUT2D eigenvalue weighted by atomic mass is 9.97. The zero-order chi connectivity index (χ0) is 22.0. The molecular weight excluding hydrogens is 404 g/mol. The fourth-order valence-electron chi connectivity index (χ4n) is 4.39. The van der Waals surface area contributed by atoms with Gasteiger partial charge in [-0.05, 0) is 51.0 Å². The summed E-state index contributed by atoms with van der Waals surface area (Å²) in [6.45, 7) is 9.48. The van der Waals surface area contributed by atoms with Gasteiger partial charge in [0, 0.05) is 24.2 Å². The predicted molar refractivity (Wildman–Crippen MR) is 126 cm³/mol. The van der Waals surface area contributed by atoms with E-state index in [1.807, 2.05) is 25.1 Å². The second-order valence-electron chi connectivity index (χ2n) is 8.93. The highest BCUT2D eigenvalue weighted by molar-refractivity contribution is 7.15. The van der Waals surface area contributed by atoms with E-state index in [0.29, 0.717) is 12.3 Å². The molecule has 0 radical (unpaired) electrons. The van der Waals surface area contributed by atoms with Crippen LogP contribution in [0.3, 0.4) is 0 Å². The number of benzene rings is 1. The van der Waals surface area contributed by atoms with Crippen molar-refractivity contribution in [2.24, 2.45) is 5.92 Å². The van der Waals surface area contributed by atoms with Crippen LogP contribution in [0.5, 0.6) is 0 Å². The van der Waals surface area contributed by atoms with Crippen molar-refractivity contribution < 1.29 is 4.79 Å². The van der Waals surface area contributed by atoms with E-state index in [4.69, 9.17) is 4.98 Å². The summed E-state index contributed by atoms with van der Waals surface area (Å²) in [5, 5.41) is 9.03. The van der Waals surface area contributed by atoms with Crippen LogP contribution in [0.2, 0.25) is 0 Å². The lowest BCUT2D eigenvalue weighted by Gasteiger charge is -2.22. The molecule has 6 heteroatoms. The maximum Gasteiger partial charge on any atom is 0.220 e. The fraction of sp³-hybridized carbons (Fsp3) is 0.480. The lowest BCUT2D eigenvalue weighted by Crippen LogP contribution is -2.30. The highest BCUT2D eigenvalue weighted by Crippen LogP contribution is 2.38. The highest BCUT2D eigenvalue weighted by Gasteiger charge is 2.26. The number of carbonyl (C=O) groups excluding carboxylic acids is 1. The van der Waals surface area contributed by atoms with Gasteiger partial charge in [-0.25, -0.2) is 4.98 Å². The molecule has 1 atom stereocenters. The van der Waals surface area contributed by atoms with Gasteiger partial charge < -0.3 is 5.32 Å². The molecule has 1 amide bonds. The molecule has 3 aromatic rings. The summed E-state index contributed by atoms with van der Waals surface area (Å²) >= 11 is 1.73. The van der Waals surface area contributed by atoms with Gasteiger partial charge in [0.15, 0.2) is 0 Å². The number of hydrogen-bond donors (Lipinski definition) is 1. The Morgan fingerprint density at radius 3 is 2.77 bits per heavy atom. The molecule has 4 rings (SSSR count). The number of rotatable bonds is 7. The Kier molecular flexibility index (Phi) is 6.56. The molecule has 0 fully saturated rings. The fourth-order valence-corrected chi connectivity index (χ4v) is 5.59. The van der Waals surface area contributed by atoms with Gasteiger partial charge >= 0.3 is 0 Å². The molecule has 31 heavy (non-hydrogen) atoms. The molecule has 2 heterocycles. The SMILES string of the molecule is Cc1nn(CC(C)C)c(C)c1CCC(=O)N[C@@H]1CCCc2nc(-c3ccccc3)sc21. The summed E-state index contributed by atoms with van der Waals surface area (Å²) in [6.07, 6.45) is 4.28. The zero-order valence-electron chi connectivity index (χ0n) is 18.9. The first kappa shape index (κ1) is 21.8. The number of aryl methyl sites for hydroxylation is 2. The number of fused-ring (bicyclic) bond motifs is 1. The number of nitrogens with one attached hydrogen (secondary N) is 1. The molecule has 0 unspecified atom stereocenters. The van der Waals surface area contributed by atoms with E-state index >= 15 is 0 Å². The summed E-state index contributed by atoms with van der Waals surface area (Å²) in [6, 6.07) is 10.4. The molecule has 1 aliphatic carbocycles. The Hall–Kier alpha value is -2.47. The van der Waals surface area contributed by atoms with Crippen molar-refractivity contribution >= 4 is 17.2 Å². The molecule has 1 N–H and O–H groups in total. The summed E-state index contributed by atoms with van der Waals surface area (Å²) < 4.78 is 2.09. The minimum absolute atomic E-state index is 0.0806. The van der Waals surface area contributed by atoms with Crippen molar-refractivity contribution in [1.82, 2.24) is 20.1 Å². The molecule has 0 spiro atoms. The summed E-state index contributed by atoms with van der Waals surface area (Å²) in [7, 11) is 0. The third-order valence-electron chi connectivity index (χ3n) is 5.98. The van der Waals surface area contributed by atoms with E-state index < -0.39 is 0 Å². The first-order valence-electron chi connectivity index (χ1n) is 11.3. The Morgan fingerprint density at radius 2 is 2.03 bits per heavy atom. The third-order valence-corrected chi connectivity index (χ3v) is 7.24. The zero-order valence-corrected chi connectivity index (χ0v) is 19.8. The van der Waals surface area contributed by atoms with Crippen LogP contribution in [-0.2, 0) is 24.2 Å². The monoisotopic (exact) mass is 436 g/mol. The van der Waals surface area contributed by atoms with E-state index in [9.17, 15) is 4.79 Å². The van der Waals surface area contributed by atoms with Gasteiger partial charge in [-0.2, -0.15) is 5.10 Å². The average Bonchev–Trinajstić information content (AvgIpc) is 3.29. The van der Waals surface area contributed by atoms with Crippen LogP contribution in [0.4, 0.5) is 0 Å². The van der Waals surface area contributed by atoms with Crippen molar-refractivity contribution in [2.75, 3.05) is 0 Å². The number of carbonyl (C=O) groups is 1. The Morgan fingerprint density at radius 1 is 1.26 bits per heavy atom. The largest absolute Gasteiger partial charge is 0.348 e. The minimum atomic E-state index is 0.0806. The van der Waals surface area contributed by atoms with Gasteiger partial charge in [-0.3, -0.25) is 9.48 Å². The first-order chi connectivity index (χ1) is 14.9. The van der Waals surface area contributed by atoms with Crippen molar-refractivity contribution in [3.63, 3.8) is 0 Å². The van der Waals surface area contributed by atoms with Gasteiger partial charge in [-0.15, -0.1) is 11.3 Å². The van der Waals surface area contributed by atoms with Crippen molar-refractivity contribution in [2.45, 2.75) is 72.4 Å². The van der Waals surface area contributed by atoms with E-state index in [2.05, 4.69) is 48.0 Å². The molecule has 0 aliphatic heterocycles. The Balaban J connectivity index is 1.42. The molecule has 0 bridgehead atoms. The van der Waals surface area contributed by atoms with Crippen LogP contribution in [0.25, 0.3) is 10.6 Å². The lowest BCUT2D eigenvalue weighted by molar-refractivity contribution is -0.121. The Labute approximate surface area is 188 Å². The van der Waals surface area contributed by atoms with Crippen LogP contribution in [0.15, 0.2) is 30.3 Å². The topological polar surface area (TPSA) is 59.8 Å². The Bertz CT molecular complexity index is 1050. The maximum atomic E-state index is 12.8. The van der Waals surface area contributed by atoms with Crippen LogP contribution < -0.4 is 5.32 Å². The molecular formula is C25H32N4OS. The molecule has 0 saturated heterocycles. The summed E-state index contributed by atoms with van der Waals surface area (Å²) in [4.78, 5) is 18.9. The van der Waals surface area contributed by atoms with Gasteiger partial charge in [0.2, 0.25) is 5.91 Å². The van der Waals surface area contributed by atoms with Crippen LogP contribution >= 0.6 is 11.3 Å². The number of nitrogens with zero attached hydrogens (tertiary/aromatic N) is 3. The van der Waals surface area contributed by atoms with Crippen LogP contribution in [-0.4, -0.2) is 20.7 Å². The second kappa shape index (κ2) is 9.35. The van der Waals surface area contributed by atoms with Crippen molar-refractivity contribution in [3.05, 3.63) is 57.9 Å². The number of amides is 1. The maximum absolute atomic E-state index is 12.8. The number of thiazole rings is 1. The average molecular weight is 437 g/mol. The minimum Gasteiger partial charge on any atom is -0.348 e. The van der Waals surface area contributed by atoms with Gasteiger partial charge in [0.05, 0.1) is 22.3 Å². The summed E-state index contributed by atoms with van der Waals surface area (Å²) in [5.41, 5.74) is 5.75. The van der Waals surface area contributed by atoms with Crippen molar-refractivity contribution in [1.29, 1.82) is 0 Å². The highest BCUT2D eigenvalue weighted by atomic mass is 32.1. The van der Waals surface area contributed by atoms with E-state index in [0.717, 1.165) is 54.2 Å². The van der Waals surface area contributed by atoms with Gasteiger partial charge in [0.25, 0.3) is 0 Å². The molecule has 2 aromatic heterocycles. The molecule has 164 valence electrons. The van der Waals surface area contributed by atoms with Crippen LogP contribution in [0, 0.1) is 19.8 Å². The third kappa shape index (κ3) is 4.90. The smallest absolute Gasteiger partial charge is 0.220 e. The first-order valence-corrected chi connectivity index (χ1v) is 12.1. The number of aromatic nitrogens is 3. The van der Waals surface area contributed by atoms with Crippen molar-refractivity contribution in [3.8, 4) is 10.6 Å². The molecule has 1 aromatic carbocycles. The van der Waals surface area contributed by atoms with Gasteiger partial charge in [-0.1, -0.05) is 44.2 Å². The van der Waals surface area contributed by atoms with E-state index in [1.165, 1.54) is 16.1 Å². The second-order valence-corrected chi connectivity index (χ2v) is 9.96. The predicted octanol–water partition coefficient (Wildman–Crippen LogP) is 5.41. The summed E-state index contributed by atoms with van der Waals surface area (Å²) in [5.74, 6) is 0.665. The van der Waals surface area contributed by atoms with E-state index in [-0.39, 0.29) is 11.9 Å². The van der Waals surface area contributed by atoms with E-state index in [1.54, 1.807) is 11.3 Å². The molecule has 1 aliphatic rings. The normalized spacial score (nSPS) is 15.8. The van der Waals surface area contributed by atoms with Gasteiger partial charge in [0.1, 0.15) is 5.01 Å². The quantitative estimate of drug-likeness (QED) is 0.539. The molecule has 5 nitrogen and oxygen atoms in total. The van der Waals surface area contributed by atoms with Crippen LogP contribution in [0.1, 0.15) is 66.7 Å². The standard InChI is InChI=1S/C25H32N4OS/c1-16(2)15-29-18(4)20(17(3)28-29)13-14-23(30)26-21-11-8-12-22-24(21)31-25(27-22)19-9-6-5-7-10-19/h5-7,9-10,16,21H,8,11-15H2,1-4H3,(H,26,30)/t21-/m1/s1. The molecule has 0 saturated carbocycles.